The van der Waals surface area contributed by atoms with Crippen molar-refractivity contribution in [3.8, 4) is 0 Å². The summed E-state index contributed by atoms with van der Waals surface area (Å²) in [6, 6.07) is 10.4. The molecule has 1 atom stereocenters. The number of hydrogen-bond acceptors (Lipinski definition) is 2. The van der Waals surface area contributed by atoms with Crippen LogP contribution >= 0.6 is 0 Å². The number of hydrogen-bond donors (Lipinski definition) is 1. The molecule has 96 valence electrons. The third-order valence-corrected chi connectivity index (χ3v) is 3.13. The second-order valence-corrected chi connectivity index (χ2v) is 4.60. The van der Waals surface area contributed by atoms with Crippen molar-refractivity contribution in [3.63, 3.8) is 0 Å². The highest BCUT2D eigenvalue weighted by atomic mass is 15.2. The van der Waals surface area contributed by atoms with Gasteiger partial charge in [0, 0.05) is 0 Å². The van der Waals surface area contributed by atoms with Gasteiger partial charge >= 0.3 is 0 Å². The zero-order valence-corrected chi connectivity index (χ0v) is 11.2. The highest BCUT2D eigenvalue weighted by Gasteiger charge is 2.14. The first-order valence-corrected chi connectivity index (χ1v) is 6.84. The average Bonchev–Trinajstić information content (AvgIpc) is 2.39. The van der Waals surface area contributed by atoms with Gasteiger partial charge in [-0.05, 0) is 31.5 Å². The Morgan fingerprint density at radius 2 is 1.53 bits per heavy atom. The molecule has 0 bridgehead atoms. The Morgan fingerprint density at radius 1 is 1.00 bits per heavy atom. The average molecular weight is 234 g/mol. The van der Waals surface area contributed by atoms with E-state index in [4.69, 9.17) is 5.73 Å². The number of unbranched alkanes of at least 4 members (excludes halogenated alkanes) is 2. The van der Waals surface area contributed by atoms with E-state index in [-0.39, 0.29) is 6.17 Å². The first-order valence-electron chi connectivity index (χ1n) is 6.84. The summed E-state index contributed by atoms with van der Waals surface area (Å²) in [6.07, 6.45) is 4.96. The van der Waals surface area contributed by atoms with Gasteiger partial charge in [-0.15, -0.1) is 0 Å². The quantitative estimate of drug-likeness (QED) is 0.697. The zero-order chi connectivity index (χ0) is 12.5. The van der Waals surface area contributed by atoms with E-state index in [1.54, 1.807) is 0 Å². The van der Waals surface area contributed by atoms with E-state index in [1.165, 1.54) is 31.2 Å². The Bertz CT molecular complexity index is 276. The minimum Gasteiger partial charge on any atom is -0.312 e. The maximum absolute atomic E-state index is 6.35. The summed E-state index contributed by atoms with van der Waals surface area (Å²) in [5.74, 6) is 0. The standard InChI is InChI=1S/C15H26N2/c1-3-5-12-17(13-6-4-2)15(16)14-10-8-7-9-11-14/h7-11,15H,3-6,12-13,16H2,1-2H3. The molecule has 0 aliphatic heterocycles. The van der Waals surface area contributed by atoms with Crippen LogP contribution in [0.5, 0.6) is 0 Å². The fourth-order valence-corrected chi connectivity index (χ4v) is 1.97. The van der Waals surface area contributed by atoms with Gasteiger partial charge < -0.3 is 5.73 Å². The molecule has 17 heavy (non-hydrogen) atoms. The van der Waals surface area contributed by atoms with E-state index in [2.05, 4.69) is 43.0 Å². The molecule has 0 aliphatic carbocycles. The predicted octanol–water partition coefficient (Wildman–Crippen LogP) is 3.55. The summed E-state index contributed by atoms with van der Waals surface area (Å²) in [5, 5.41) is 0. The highest BCUT2D eigenvalue weighted by molar-refractivity contribution is 5.17. The minimum absolute atomic E-state index is 0.0503. The smallest absolute Gasteiger partial charge is 0.0835 e. The van der Waals surface area contributed by atoms with E-state index in [1.807, 2.05) is 6.07 Å². The van der Waals surface area contributed by atoms with E-state index < -0.39 is 0 Å². The zero-order valence-electron chi connectivity index (χ0n) is 11.2. The van der Waals surface area contributed by atoms with Crippen molar-refractivity contribution in [3.05, 3.63) is 35.9 Å². The molecule has 2 heteroatoms. The monoisotopic (exact) mass is 234 g/mol. The molecule has 1 rings (SSSR count). The van der Waals surface area contributed by atoms with Crippen LogP contribution in [0.1, 0.15) is 51.3 Å². The molecule has 1 aromatic carbocycles. The molecule has 0 fully saturated rings. The van der Waals surface area contributed by atoms with Crippen LogP contribution in [0, 0.1) is 0 Å². The molecule has 0 amide bonds. The molecule has 0 heterocycles. The molecule has 0 aromatic heterocycles. The Hall–Kier alpha value is -0.860. The Kier molecular flexibility index (Phi) is 6.90. The maximum Gasteiger partial charge on any atom is 0.0835 e. The normalized spacial score (nSPS) is 12.9. The molecule has 0 saturated heterocycles. The first-order chi connectivity index (χ1) is 8.29. The van der Waals surface area contributed by atoms with Gasteiger partial charge in [0.25, 0.3) is 0 Å². The van der Waals surface area contributed by atoms with E-state index >= 15 is 0 Å². The van der Waals surface area contributed by atoms with Crippen molar-refractivity contribution >= 4 is 0 Å². The Labute approximate surface area is 106 Å². The number of nitrogens with two attached hydrogens (primary N) is 1. The van der Waals surface area contributed by atoms with Gasteiger partial charge in [0.15, 0.2) is 0 Å². The van der Waals surface area contributed by atoms with Crippen LogP contribution in [0.3, 0.4) is 0 Å². The van der Waals surface area contributed by atoms with Gasteiger partial charge in [-0.25, -0.2) is 0 Å². The SMILES string of the molecule is CCCCN(CCCC)C(N)c1ccccc1. The fraction of sp³-hybridized carbons (Fsp3) is 0.600. The molecule has 0 aliphatic rings. The van der Waals surface area contributed by atoms with Gasteiger partial charge in [-0.2, -0.15) is 0 Å². The summed E-state index contributed by atoms with van der Waals surface area (Å²) in [4.78, 5) is 2.41. The minimum atomic E-state index is 0.0503. The van der Waals surface area contributed by atoms with Crippen molar-refractivity contribution in [1.82, 2.24) is 4.90 Å². The summed E-state index contributed by atoms with van der Waals surface area (Å²) in [6.45, 7) is 6.66. The van der Waals surface area contributed by atoms with E-state index in [0.29, 0.717) is 0 Å². The van der Waals surface area contributed by atoms with Crippen LogP contribution in [-0.2, 0) is 0 Å². The van der Waals surface area contributed by atoms with Crippen molar-refractivity contribution < 1.29 is 0 Å². The molecule has 1 aromatic rings. The highest BCUT2D eigenvalue weighted by Crippen LogP contribution is 2.16. The molecule has 0 spiro atoms. The van der Waals surface area contributed by atoms with Crippen LogP contribution in [0.15, 0.2) is 30.3 Å². The second kappa shape index (κ2) is 8.26. The van der Waals surface area contributed by atoms with Crippen LogP contribution in [0.2, 0.25) is 0 Å². The number of nitrogens with zero attached hydrogens (tertiary/aromatic N) is 1. The molecular weight excluding hydrogens is 208 g/mol. The molecule has 2 N–H and O–H groups in total. The van der Waals surface area contributed by atoms with Crippen molar-refractivity contribution in [2.45, 2.75) is 45.7 Å². The molecule has 0 radical (unpaired) electrons. The van der Waals surface area contributed by atoms with Crippen molar-refractivity contribution in [2.24, 2.45) is 5.73 Å². The Morgan fingerprint density at radius 3 is 2.00 bits per heavy atom. The number of rotatable bonds is 8. The topological polar surface area (TPSA) is 29.3 Å². The lowest BCUT2D eigenvalue weighted by Crippen LogP contribution is -2.36. The van der Waals surface area contributed by atoms with Crippen molar-refractivity contribution in [1.29, 1.82) is 0 Å². The van der Waals surface area contributed by atoms with Gasteiger partial charge in [0.2, 0.25) is 0 Å². The van der Waals surface area contributed by atoms with Crippen LogP contribution in [-0.4, -0.2) is 18.0 Å². The predicted molar refractivity (Wildman–Crippen MR) is 74.8 cm³/mol. The lowest BCUT2D eigenvalue weighted by atomic mass is 10.1. The summed E-state index contributed by atoms with van der Waals surface area (Å²) in [7, 11) is 0. The van der Waals surface area contributed by atoms with Gasteiger partial charge in [-0.3, -0.25) is 4.90 Å². The molecule has 1 unspecified atom stereocenters. The van der Waals surface area contributed by atoms with Crippen LogP contribution in [0.25, 0.3) is 0 Å². The maximum atomic E-state index is 6.35. The van der Waals surface area contributed by atoms with E-state index in [0.717, 1.165) is 13.1 Å². The fourth-order valence-electron chi connectivity index (χ4n) is 1.97. The molecule has 2 nitrogen and oxygen atoms in total. The van der Waals surface area contributed by atoms with Gasteiger partial charge in [0.05, 0.1) is 6.17 Å². The van der Waals surface area contributed by atoms with Crippen LogP contribution in [0.4, 0.5) is 0 Å². The van der Waals surface area contributed by atoms with Crippen LogP contribution < -0.4 is 5.73 Å². The third-order valence-electron chi connectivity index (χ3n) is 3.13. The molecular formula is C15H26N2. The van der Waals surface area contributed by atoms with Gasteiger partial charge in [-0.1, -0.05) is 57.0 Å². The lowest BCUT2D eigenvalue weighted by Gasteiger charge is -2.29. The number of benzene rings is 1. The Balaban J connectivity index is 2.61. The largest absolute Gasteiger partial charge is 0.312 e. The second-order valence-electron chi connectivity index (χ2n) is 4.60. The lowest BCUT2D eigenvalue weighted by molar-refractivity contribution is 0.195. The summed E-state index contributed by atoms with van der Waals surface area (Å²) in [5.41, 5.74) is 7.57. The van der Waals surface area contributed by atoms with E-state index in [9.17, 15) is 0 Å². The van der Waals surface area contributed by atoms with Gasteiger partial charge in [0.1, 0.15) is 0 Å². The third kappa shape index (κ3) is 4.88. The van der Waals surface area contributed by atoms with Crippen molar-refractivity contribution in [2.75, 3.05) is 13.1 Å². The molecule has 0 saturated carbocycles. The summed E-state index contributed by atoms with van der Waals surface area (Å²) >= 11 is 0. The summed E-state index contributed by atoms with van der Waals surface area (Å²) < 4.78 is 0. The first kappa shape index (κ1) is 14.2.